The molecule has 154 valence electrons. The van der Waals surface area contributed by atoms with Crippen LogP contribution in [0.15, 0.2) is 58.5 Å². The maximum absolute atomic E-state index is 12.9. The highest BCUT2D eigenvalue weighted by atomic mass is 32.2. The molecule has 7 heteroatoms. The summed E-state index contributed by atoms with van der Waals surface area (Å²) >= 11 is 1.20. The predicted molar refractivity (Wildman–Crippen MR) is 117 cm³/mol. The molecule has 0 radical (unpaired) electrons. The summed E-state index contributed by atoms with van der Waals surface area (Å²) in [7, 11) is 0. The first-order valence-corrected chi connectivity index (χ1v) is 10.7. The van der Waals surface area contributed by atoms with Gasteiger partial charge in [0.15, 0.2) is 5.16 Å². The quantitative estimate of drug-likeness (QED) is 0.309. The van der Waals surface area contributed by atoms with Crippen LogP contribution in [0.25, 0.3) is 10.9 Å². The van der Waals surface area contributed by atoms with Gasteiger partial charge in [-0.2, -0.15) is 5.26 Å². The second kappa shape index (κ2) is 10.1. The standard InChI is InChI=1S/C23H23N3O3S/c1-16(2)10-11-26-22(28)19-8-3-4-9-20(19)25-23(26)30-15-21(27)29-14-18-7-5-6-17(12-18)13-24/h3-9,12,16H,10-11,14-15H2,1-2H3. The van der Waals surface area contributed by atoms with Crippen LogP contribution in [0.1, 0.15) is 31.4 Å². The molecule has 6 nitrogen and oxygen atoms in total. The number of aromatic nitrogens is 2. The fraction of sp³-hybridized carbons (Fsp3) is 0.304. The van der Waals surface area contributed by atoms with Gasteiger partial charge >= 0.3 is 5.97 Å². The topological polar surface area (TPSA) is 85.0 Å². The lowest BCUT2D eigenvalue weighted by atomic mass is 10.1. The van der Waals surface area contributed by atoms with Gasteiger partial charge in [0.1, 0.15) is 6.61 Å². The summed E-state index contributed by atoms with van der Waals surface area (Å²) in [6.45, 7) is 4.85. The Balaban J connectivity index is 1.72. The highest BCUT2D eigenvalue weighted by Crippen LogP contribution is 2.19. The van der Waals surface area contributed by atoms with Gasteiger partial charge < -0.3 is 4.74 Å². The zero-order valence-electron chi connectivity index (χ0n) is 17.0. The summed E-state index contributed by atoms with van der Waals surface area (Å²) in [5, 5.41) is 10.0. The Morgan fingerprint density at radius 2 is 2.03 bits per heavy atom. The van der Waals surface area contributed by atoms with E-state index in [1.165, 1.54) is 11.8 Å². The Morgan fingerprint density at radius 1 is 1.23 bits per heavy atom. The van der Waals surface area contributed by atoms with E-state index in [-0.39, 0.29) is 17.9 Å². The van der Waals surface area contributed by atoms with E-state index in [9.17, 15) is 9.59 Å². The number of carbonyl (C=O) groups is 1. The lowest BCUT2D eigenvalue weighted by molar-refractivity contribution is -0.141. The van der Waals surface area contributed by atoms with Crippen LogP contribution < -0.4 is 5.56 Å². The first-order valence-electron chi connectivity index (χ1n) is 9.75. The van der Waals surface area contributed by atoms with Crippen LogP contribution in [0.4, 0.5) is 0 Å². The molecular weight excluding hydrogens is 398 g/mol. The zero-order chi connectivity index (χ0) is 21.5. The van der Waals surface area contributed by atoms with Crippen LogP contribution in [0.2, 0.25) is 0 Å². The molecule has 3 aromatic rings. The molecule has 0 fully saturated rings. The van der Waals surface area contributed by atoms with Crippen molar-refractivity contribution in [1.29, 1.82) is 5.26 Å². The molecule has 0 N–H and O–H groups in total. The van der Waals surface area contributed by atoms with E-state index in [2.05, 4.69) is 24.9 Å². The van der Waals surface area contributed by atoms with Gasteiger partial charge in [-0.15, -0.1) is 0 Å². The minimum atomic E-state index is -0.403. The molecule has 0 spiro atoms. The fourth-order valence-electron chi connectivity index (χ4n) is 2.90. The van der Waals surface area contributed by atoms with Crippen LogP contribution in [-0.4, -0.2) is 21.3 Å². The molecule has 0 aliphatic heterocycles. The maximum atomic E-state index is 12.9. The van der Waals surface area contributed by atoms with Crippen LogP contribution in [0.3, 0.4) is 0 Å². The summed E-state index contributed by atoms with van der Waals surface area (Å²) in [5.74, 6) is 0.0836. The van der Waals surface area contributed by atoms with E-state index in [0.29, 0.717) is 34.1 Å². The average Bonchev–Trinajstić information content (AvgIpc) is 2.75. The summed E-state index contributed by atoms with van der Waals surface area (Å²) in [5.41, 5.74) is 1.80. The first-order chi connectivity index (χ1) is 14.5. The number of para-hydroxylation sites is 1. The van der Waals surface area contributed by atoms with Crippen molar-refractivity contribution in [1.82, 2.24) is 9.55 Å². The highest BCUT2D eigenvalue weighted by molar-refractivity contribution is 7.99. The van der Waals surface area contributed by atoms with Gasteiger partial charge in [0.25, 0.3) is 5.56 Å². The highest BCUT2D eigenvalue weighted by Gasteiger charge is 2.14. The van der Waals surface area contributed by atoms with Crippen molar-refractivity contribution in [3.05, 3.63) is 70.0 Å². The van der Waals surface area contributed by atoms with Gasteiger partial charge in [0.2, 0.25) is 0 Å². The Morgan fingerprint density at radius 3 is 2.80 bits per heavy atom. The third-order valence-corrected chi connectivity index (χ3v) is 5.48. The molecule has 0 amide bonds. The van der Waals surface area contributed by atoms with Gasteiger partial charge in [0.05, 0.1) is 28.3 Å². The number of thioether (sulfide) groups is 1. The smallest absolute Gasteiger partial charge is 0.316 e. The molecule has 1 heterocycles. The minimum Gasteiger partial charge on any atom is -0.460 e. The molecule has 0 saturated heterocycles. The Hall–Kier alpha value is -3.11. The Kier molecular flexibility index (Phi) is 7.26. The van der Waals surface area contributed by atoms with Crippen LogP contribution >= 0.6 is 11.8 Å². The summed E-state index contributed by atoms with van der Waals surface area (Å²) in [4.78, 5) is 29.8. The van der Waals surface area contributed by atoms with Crippen molar-refractivity contribution in [2.75, 3.05) is 5.75 Å². The van der Waals surface area contributed by atoms with Crippen molar-refractivity contribution in [3.8, 4) is 6.07 Å². The fourth-order valence-corrected chi connectivity index (χ4v) is 3.73. The van der Waals surface area contributed by atoms with Crippen molar-refractivity contribution < 1.29 is 9.53 Å². The number of hydrogen-bond acceptors (Lipinski definition) is 6. The largest absolute Gasteiger partial charge is 0.460 e. The lowest BCUT2D eigenvalue weighted by Gasteiger charge is -2.14. The number of ether oxygens (including phenoxy) is 1. The van der Waals surface area contributed by atoms with Gasteiger partial charge in [-0.1, -0.05) is 49.9 Å². The number of fused-ring (bicyclic) bond motifs is 1. The summed E-state index contributed by atoms with van der Waals surface area (Å²) in [6.07, 6.45) is 0.840. The molecule has 3 rings (SSSR count). The second-order valence-electron chi connectivity index (χ2n) is 7.31. The monoisotopic (exact) mass is 421 g/mol. The number of carbonyl (C=O) groups excluding carboxylic acids is 1. The van der Waals surface area contributed by atoms with E-state index in [1.54, 1.807) is 41.0 Å². The Labute approximate surface area is 179 Å². The van der Waals surface area contributed by atoms with Gasteiger partial charge in [-0.3, -0.25) is 14.2 Å². The van der Waals surface area contributed by atoms with Crippen molar-refractivity contribution in [2.24, 2.45) is 5.92 Å². The van der Waals surface area contributed by atoms with E-state index in [1.807, 2.05) is 12.1 Å². The van der Waals surface area contributed by atoms with Crippen LogP contribution in [-0.2, 0) is 22.7 Å². The third-order valence-electron chi connectivity index (χ3n) is 4.53. The molecule has 0 unspecified atom stereocenters. The zero-order valence-corrected chi connectivity index (χ0v) is 17.8. The molecule has 30 heavy (non-hydrogen) atoms. The molecule has 0 aliphatic carbocycles. The predicted octanol–water partition coefficient (Wildman–Crippen LogP) is 4.15. The first kappa shape index (κ1) is 21.6. The number of hydrogen-bond donors (Lipinski definition) is 0. The van der Waals surface area contributed by atoms with Crippen LogP contribution in [0.5, 0.6) is 0 Å². The molecule has 1 aromatic heterocycles. The normalized spacial score (nSPS) is 10.9. The maximum Gasteiger partial charge on any atom is 0.316 e. The van der Waals surface area contributed by atoms with Crippen molar-refractivity contribution in [3.63, 3.8) is 0 Å². The Bertz CT molecular complexity index is 1150. The van der Waals surface area contributed by atoms with Gasteiger partial charge in [-0.25, -0.2) is 4.98 Å². The molecule has 2 aromatic carbocycles. The van der Waals surface area contributed by atoms with Gasteiger partial charge in [-0.05, 0) is 42.2 Å². The van der Waals surface area contributed by atoms with Crippen molar-refractivity contribution >= 4 is 28.6 Å². The SMILES string of the molecule is CC(C)CCn1c(SCC(=O)OCc2cccc(C#N)c2)nc2ccccc2c1=O. The van der Waals surface area contributed by atoms with E-state index in [0.717, 1.165) is 12.0 Å². The number of benzene rings is 2. The minimum absolute atomic E-state index is 0.0460. The van der Waals surface area contributed by atoms with Gasteiger partial charge in [0, 0.05) is 6.54 Å². The number of nitrogens with zero attached hydrogens (tertiary/aromatic N) is 3. The number of rotatable bonds is 8. The second-order valence-corrected chi connectivity index (χ2v) is 8.25. The lowest BCUT2D eigenvalue weighted by Crippen LogP contribution is -2.24. The van der Waals surface area contributed by atoms with E-state index in [4.69, 9.17) is 10.00 Å². The van der Waals surface area contributed by atoms with Crippen molar-refractivity contribution in [2.45, 2.75) is 38.6 Å². The van der Waals surface area contributed by atoms with E-state index < -0.39 is 5.97 Å². The number of nitriles is 1. The summed E-state index contributed by atoms with van der Waals surface area (Å²) < 4.78 is 6.97. The third kappa shape index (κ3) is 5.49. The summed E-state index contributed by atoms with van der Waals surface area (Å²) in [6, 6.07) is 16.2. The van der Waals surface area contributed by atoms with E-state index >= 15 is 0 Å². The average molecular weight is 422 g/mol. The number of esters is 1. The molecular formula is C23H23N3O3S. The van der Waals surface area contributed by atoms with Crippen LogP contribution in [0, 0.1) is 17.2 Å². The molecule has 0 atom stereocenters. The molecule has 0 saturated carbocycles. The molecule has 0 aliphatic rings. The molecule has 0 bridgehead atoms.